The molecule has 0 saturated carbocycles. The summed E-state index contributed by atoms with van der Waals surface area (Å²) in [7, 11) is -4.04. The Kier molecular flexibility index (Phi) is 5.98. The molecule has 2 aromatic rings. The molecule has 1 aliphatic heterocycles. The highest BCUT2D eigenvalue weighted by Crippen LogP contribution is 2.30. The Morgan fingerprint density at radius 1 is 1.20 bits per heavy atom. The van der Waals surface area contributed by atoms with Crippen molar-refractivity contribution in [1.29, 1.82) is 0 Å². The summed E-state index contributed by atoms with van der Waals surface area (Å²) in [5, 5.41) is 24.5. The summed E-state index contributed by atoms with van der Waals surface area (Å²) in [6, 6.07) is 3.23. The number of hydrogen-bond acceptors (Lipinski definition) is 9. The fourth-order valence-electron chi connectivity index (χ4n) is 2.94. The van der Waals surface area contributed by atoms with E-state index in [1.54, 1.807) is 0 Å². The number of nitro benzene ring substituents is 1. The first-order valence-electron chi connectivity index (χ1n) is 8.83. The van der Waals surface area contributed by atoms with Gasteiger partial charge >= 0.3 is 5.69 Å². The van der Waals surface area contributed by atoms with Crippen LogP contribution in [0.15, 0.2) is 37.8 Å². The molecule has 1 aromatic carbocycles. The fourth-order valence-corrected chi connectivity index (χ4v) is 4.62. The quantitative estimate of drug-likeness (QED) is 0.281. The van der Waals surface area contributed by atoms with Crippen molar-refractivity contribution in [1.82, 2.24) is 14.3 Å². The first kappa shape index (κ1) is 21.2. The molecule has 0 aliphatic carbocycles. The van der Waals surface area contributed by atoms with Gasteiger partial charge in [-0.15, -0.1) is 0 Å². The molecule has 14 heteroatoms. The minimum atomic E-state index is -4.04. The molecular weight excluding hydrogens is 420 g/mol. The number of aromatic nitrogens is 2. The van der Waals surface area contributed by atoms with E-state index in [-0.39, 0.29) is 16.1 Å². The van der Waals surface area contributed by atoms with Gasteiger partial charge in [-0.2, -0.15) is 9.41 Å². The number of anilines is 1. The zero-order valence-electron chi connectivity index (χ0n) is 15.5. The molecule has 3 rings (SSSR count). The van der Waals surface area contributed by atoms with Gasteiger partial charge in [-0.1, -0.05) is 6.42 Å². The van der Waals surface area contributed by atoms with Crippen LogP contribution in [0.25, 0.3) is 0 Å². The second-order valence-corrected chi connectivity index (χ2v) is 8.35. The average molecular weight is 438 g/mol. The second-order valence-electron chi connectivity index (χ2n) is 6.44. The lowest BCUT2D eigenvalue weighted by Crippen LogP contribution is -2.35. The van der Waals surface area contributed by atoms with Crippen LogP contribution in [0, 0.1) is 10.1 Å². The summed E-state index contributed by atoms with van der Waals surface area (Å²) in [6.07, 6.45) is 3.14. The van der Waals surface area contributed by atoms with Crippen molar-refractivity contribution in [2.24, 2.45) is 5.10 Å². The molecule has 0 atom stereocenters. The molecule has 1 aromatic heterocycles. The topological polar surface area (TPSA) is 191 Å². The monoisotopic (exact) mass is 438 g/mol. The van der Waals surface area contributed by atoms with E-state index in [1.807, 2.05) is 9.97 Å². The van der Waals surface area contributed by atoms with Gasteiger partial charge in [0.2, 0.25) is 15.9 Å². The molecule has 1 aliphatic rings. The summed E-state index contributed by atoms with van der Waals surface area (Å²) >= 11 is 0. The van der Waals surface area contributed by atoms with E-state index in [9.17, 15) is 33.2 Å². The summed E-state index contributed by atoms with van der Waals surface area (Å²) in [4.78, 5) is 36.8. The van der Waals surface area contributed by atoms with E-state index in [4.69, 9.17) is 0 Å². The molecule has 1 saturated heterocycles. The Bertz CT molecular complexity index is 1210. The zero-order valence-corrected chi connectivity index (χ0v) is 16.3. The number of rotatable bonds is 6. The van der Waals surface area contributed by atoms with E-state index < -0.39 is 37.8 Å². The number of benzene rings is 1. The van der Waals surface area contributed by atoms with E-state index in [2.05, 4.69) is 10.5 Å². The Hall–Kier alpha value is -3.52. The van der Waals surface area contributed by atoms with Gasteiger partial charge in [0.05, 0.1) is 16.8 Å². The van der Waals surface area contributed by atoms with Gasteiger partial charge in [0.1, 0.15) is 10.5 Å². The Labute approximate surface area is 169 Å². The number of hydrazone groups is 1. The Morgan fingerprint density at radius 3 is 2.53 bits per heavy atom. The fraction of sp³-hybridized carbons (Fsp3) is 0.312. The molecule has 0 bridgehead atoms. The van der Waals surface area contributed by atoms with E-state index >= 15 is 0 Å². The van der Waals surface area contributed by atoms with Crippen LogP contribution in [0.1, 0.15) is 24.8 Å². The second kappa shape index (κ2) is 8.46. The first-order valence-corrected chi connectivity index (χ1v) is 10.3. The maximum absolute atomic E-state index is 13.0. The predicted molar refractivity (Wildman–Crippen MR) is 106 cm³/mol. The number of hydrogen-bond donors (Lipinski definition) is 4. The van der Waals surface area contributed by atoms with Crippen molar-refractivity contribution in [3.63, 3.8) is 0 Å². The largest absolute Gasteiger partial charge is 0.494 e. The third kappa shape index (κ3) is 4.38. The van der Waals surface area contributed by atoms with Crippen molar-refractivity contribution in [3.8, 4) is 5.88 Å². The Morgan fingerprint density at radius 2 is 1.90 bits per heavy atom. The number of nitrogens with one attached hydrogen (secondary N) is 3. The van der Waals surface area contributed by atoms with E-state index in [1.165, 1.54) is 10.4 Å². The summed E-state index contributed by atoms with van der Waals surface area (Å²) in [5.74, 6) is -0.723. The maximum atomic E-state index is 13.0. The molecule has 13 nitrogen and oxygen atoms in total. The van der Waals surface area contributed by atoms with Crippen LogP contribution in [-0.4, -0.2) is 52.0 Å². The molecule has 0 radical (unpaired) electrons. The summed E-state index contributed by atoms with van der Waals surface area (Å²) in [5.41, 5.74) is -0.224. The normalized spacial score (nSPS) is 15.3. The first-order chi connectivity index (χ1) is 14.2. The molecule has 30 heavy (non-hydrogen) atoms. The van der Waals surface area contributed by atoms with Crippen LogP contribution in [0.3, 0.4) is 0 Å². The number of H-pyrrole nitrogens is 2. The molecule has 1 fully saturated rings. The lowest BCUT2D eigenvalue weighted by molar-refractivity contribution is -0.385. The number of nitrogens with zero attached hydrogens (tertiary/aromatic N) is 3. The number of aromatic amines is 2. The minimum absolute atomic E-state index is 0.0530. The average Bonchev–Trinajstić information content (AvgIpc) is 2.70. The minimum Gasteiger partial charge on any atom is -0.494 e. The molecule has 4 N–H and O–H groups in total. The molecule has 2 heterocycles. The highest BCUT2D eigenvalue weighted by Gasteiger charge is 2.30. The van der Waals surface area contributed by atoms with Crippen LogP contribution in [0.4, 0.5) is 11.4 Å². The number of non-ortho nitro benzene ring substituents is 1. The van der Waals surface area contributed by atoms with Gasteiger partial charge in [0, 0.05) is 25.2 Å². The van der Waals surface area contributed by atoms with Crippen molar-refractivity contribution in [3.05, 3.63) is 54.7 Å². The molecule has 0 amide bonds. The van der Waals surface area contributed by atoms with Crippen LogP contribution < -0.4 is 16.7 Å². The van der Waals surface area contributed by atoms with Crippen LogP contribution in [0.2, 0.25) is 0 Å². The van der Waals surface area contributed by atoms with Crippen LogP contribution >= 0.6 is 0 Å². The zero-order chi connectivity index (χ0) is 21.9. The number of piperidine rings is 1. The summed E-state index contributed by atoms with van der Waals surface area (Å²) in [6.45, 7) is 0.600. The molecule has 0 spiro atoms. The Balaban J connectivity index is 1.98. The maximum Gasteiger partial charge on any atom is 0.328 e. The molecule has 0 unspecified atom stereocenters. The van der Waals surface area contributed by atoms with Crippen molar-refractivity contribution < 1.29 is 18.4 Å². The number of nitro groups is 1. The highest BCUT2D eigenvalue weighted by molar-refractivity contribution is 7.89. The smallest absolute Gasteiger partial charge is 0.328 e. The predicted octanol–water partition coefficient (Wildman–Crippen LogP) is 0.298. The highest BCUT2D eigenvalue weighted by atomic mass is 32.2. The van der Waals surface area contributed by atoms with Crippen LogP contribution in [0.5, 0.6) is 5.88 Å². The third-order valence-electron chi connectivity index (χ3n) is 4.45. The van der Waals surface area contributed by atoms with Crippen LogP contribution in [-0.2, 0) is 10.0 Å². The van der Waals surface area contributed by atoms with Gasteiger partial charge in [-0.3, -0.25) is 30.3 Å². The van der Waals surface area contributed by atoms with Gasteiger partial charge in [0.25, 0.3) is 11.2 Å². The van der Waals surface area contributed by atoms with Gasteiger partial charge < -0.3 is 5.11 Å². The van der Waals surface area contributed by atoms with Crippen molar-refractivity contribution in [2.45, 2.75) is 24.2 Å². The van der Waals surface area contributed by atoms with Gasteiger partial charge in [-0.25, -0.2) is 13.2 Å². The third-order valence-corrected chi connectivity index (χ3v) is 6.38. The van der Waals surface area contributed by atoms with E-state index in [0.717, 1.165) is 24.8 Å². The number of sulfonamides is 1. The van der Waals surface area contributed by atoms with Gasteiger partial charge in [0.15, 0.2) is 0 Å². The van der Waals surface area contributed by atoms with Gasteiger partial charge in [-0.05, 0) is 18.9 Å². The van der Waals surface area contributed by atoms with Crippen molar-refractivity contribution in [2.75, 3.05) is 18.5 Å². The molecular formula is C16H18N6O7S. The van der Waals surface area contributed by atoms with E-state index in [0.29, 0.717) is 25.9 Å². The lowest BCUT2D eigenvalue weighted by atomic mass is 10.2. The SMILES string of the molecule is O=c1[nH]c(O)c(C=NNc2ccc([N+](=O)[O-])cc2S(=O)(=O)N2CCCCC2)c(=O)[nH]1. The summed E-state index contributed by atoms with van der Waals surface area (Å²) < 4.78 is 27.3. The lowest BCUT2D eigenvalue weighted by Gasteiger charge is -2.26. The van der Waals surface area contributed by atoms with Crippen molar-refractivity contribution >= 4 is 27.6 Å². The standard InChI is InChI=1S/C16H18N6O7S/c23-14-11(15(24)19-16(25)18-14)9-17-20-12-5-4-10(22(26)27)8-13(12)30(28,29)21-6-2-1-3-7-21/h4-5,8-9,20H,1-3,6-7H2,(H3,18,19,23,24,25). The number of aromatic hydroxyl groups is 1. The molecule has 160 valence electrons.